The molecule has 1 unspecified atom stereocenters. The molecule has 0 aromatic heterocycles. The Kier molecular flexibility index (Phi) is 7.61. The van der Waals surface area contributed by atoms with E-state index < -0.39 is 5.97 Å². The summed E-state index contributed by atoms with van der Waals surface area (Å²) in [4.78, 5) is 26.6. The number of rotatable bonds is 5. The molecule has 1 aliphatic rings. The van der Waals surface area contributed by atoms with Gasteiger partial charge in [-0.1, -0.05) is 29.3 Å². The Balaban J connectivity index is 0.00000264. The standard InChI is InChI=1S/C15H18Cl2N2O3.ClH/c1-18(7-10-2-3-12(16)13(17)6-10)14(20)9-19-5-4-11(8-19)15(21)22;/h2-3,6,11H,4-5,7-9H2,1H3,(H,21,22);1H. The highest BCUT2D eigenvalue weighted by atomic mass is 35.5. The first-order valence-corrected chi connectivity index (χ1v) is 7.75. The van der Waals surface area contributed by atoms with Gasteiger partial charge in [-0.2, -0.15) is 0 Å². The number of amides is 1. The van der Waals surface area contributed by atoms with Crippen molar-refractivity contribution in [1.29, 1.82) is 0 Å². The van der Waals surface area contributed by atoms with Crippen LogP contribution in [0.15, 0.2) is 18.2 Å². The molecule has 1 amide bonds. The molecule has 1 aromatic rings. The Bertz CT molecular complexity index is 583. The molecule has 0 radical (unpaired) electrons. The molecule has 1 heterocycles. The van der Waals surface area contributed by atoms with E-state index in [0.29, 0.717) is 36.1 Å². The van der Waals surface area contributed by atoms with Crippen LogP contribution in [-0.4, -0.2) is 53.5 Å². The molecule has 1 atom stereocenters. The van der Waals surface area contributed by atoms with E-state index in [9.17, 15) is 9.59 Å². The van der Waals surface area contributed by atoms with Gasteiger partial charge in [-0.05, 0) is 30.7 Å². The Morgan fingerprint density at radius 1 is 1.35 bits per heavy atom. The van der Waals surface area contributed by atoms with Gasteiger partial charge in [0.1, 0.15) is 0 Å². The van der Waals surface area contributed by atoms with Crippen LogP contribution >= 0.6 is 35.6 Å². The lowest BCUT2D eigenvalue weighted by molar-refractivity contribution is -0.141. The number of likely N-dealkylation sites (tertiary alicyclic amines) is 1. The summed E-state index contributed by atoms with van der Waals surface area (Å²) >= 11 is 11.8. The zero-order valence-electron chi connectivity index (χ0n) is 12.7. The van der Waals surface area contributed by atoms with E-state index in [2.05, 4.69) is 0 Å². The third-order valence-corrected chi connectivity index (χ3v) is 4.55. The fourth-order valence-corrected chi connectivity index (χ4v) is 2.81. The number of halogens is 3. The molecule has 1 fully saturated rings. The molecule has 0 spiro atoms. The van der Waals surface area contributed by atoms with Gasteiger partial charge in [0, 0.05) is 20.1 Å². The first kappa shape index (κ1) is 20.0. The third-order valence-electron chi connectivity index (χ3n) is 3.81. The van der Waals surface area contributed by atoms with E-state index in [0.717, 1.165) is 5.56 Å². The van der Waals surface area contributed by atoms with Gasteiger partial charge in [-0.15, -0.1) is 12.4 Å². The van der Waals surface area contributed by atoms with E-state index in [1.165, 1.54) is 0 Å². The summed E-state index contributed by atoms with van der Waals surface area (Å²) < 4.78 is 0. The number of nitrogens with zero attached hydrogens (tertiary/aromatic N) is 2. The number of hydrogen-bond donors (Lipinski definition) is 1. The highest BCUT2D eigenvalue weighted by Crippen LogP contribution is 2.23. The molecule has 1 aromatic carbocycles. The number of hydrogen-bond acceptors (Lipinski definition) is 3. The molecular formula is C15H19Cl3N2O3. The second-order valence-electron chi connectivity index (χ2n) is 5.56. The fourth-order valence-electron chi connectivity index (χ4n) is 2.49. The Hall–Kier alpha value is -1.01. The van der Waals surface area contributed by atoms with Crippen LogP contribution in [0.4, 0.5) is 0 Å². The van der Waals surface area contributed by atoms with Crippen LogP contribution in [0.3, 0.4) is 0 Å². The summed E-state index contributed by atoms with van der Waals surface area (Å²) in [5, 5.41) is 9.92. The highest BCUT2D eigenvalue weighted by molar-refractivity contribution is 6.42. The van der Waals surface area contributed by atoms with Crippen LogP contribution in [0.1, 0.15) is 12.0 Å². The lowest BCUT2D eigenvalue weighted by Crippen LogP contribution is -2.37. The maximum atomic E-state index is 12.2. The monoisotopic (exact) mass is 380 g/mol. The van der Waals surface area contributed by atoms with E-state index in [1.807, 2.05) is 11.0 Å². The molecule has 0 bridgehead atoms. The van der Waals surface area contributed by atoms with Crippen LogP contribution in [0.25, 0.3) is 0 Å². The first-order chi connectivity index (χ1) is 10.4. The van der Waals surface area contributed by atoms with E-state index in [4.69, 9.17) is 28.3 Å². The Morgan fingerprint density at radius 2 is 2.04 bits per heavy atom. The van der Waals surface area contributed by atoms with Gasteiger partial charge >= 0.3 is 5.97 Å². The molecule has 128 valence electrons. The number of carboxylic acid groups (broad SMARTS) is 1. The van der Waals surface area contributed by atoms with Crippen molar-refractivity contribution >= 4 is 47.5 Å². The van der Waals surface area contributed by atoms with Crippen molar-refractivity contribution in [2.75, 3.05) is 26.7 Å². The number of aliphatic carboxylic acids is 1. The molecule has 2 rings (SSSR count). The Morgan fingerprint density at radius 3 is 2.61 bits per heavy atom. The molecule has 0 saturated carbocycles. The van der Waals surface area contributed by atoms with Gasteiger partial charge in [0.15, 0.2) is 0 Å². The predicted octanol–water partition coefficient (Wildman–Crippen LogP) is 2.78. The fraction of sp³-hybridized carbons (Fsp3) is 0.467. The SMILES string of the molecule is CN(Cc1ccc(Cl)c(Cl)c1)C(=O)CN1CCC(C(=O)O)C1.Cl. The van der Waals surface area contributed by atoms with Crippen molar-refractivity contribution in [3.05, 3.63) is 33.8 Å². The average Bonchev–Trinajstić information content (AvgIpc) is 2.91. The van der Waals surface area contributed by atoms with Gasteiger partial charge in [0.25, 0.3) is 0 Å². The maximum Gasteiger partial charge on any atom is 0.307 e. The number of carbonyl (C=O) groups excluding carboxylic acids is 1. The topological polar surface area (TPSA) is 60.9 Å². The van der Waals surface area contributed by atoms with Crippen molar-refractivity contribution < 1.29 is 14.7 Å². The highest BCUT2D eigenvalue weighted by Gasteiger charge is 2.29. The lowest BCUT2D eigenvalue weighted by Gasteiger charge is -2.21. The normalized spacial score (nSPS) is 17.6. The molecule has 0 aliphatic carbocycles. The first-order valence-electron chi connectivity index (χ1n) is 7.00. The molecule has 1 aliphatic heterocycles. The van der Waals surface area contributed by atoms with Crippen LogP contribution < -0.4 is 0 Å². The maximum absolute atomic E-state index is 12.2. The number of carboxylic acids is 1. The summed E-state index contributed by atoms with van der Waals surface area (Å²) in [6.45, 7) is 1.75. The van der Waals surface area contributed by atoms with Crippen molar-refractivity contribution in [2.45, 2.75) is 13.0 Å². The second kappa shape index (κ2) is 8.73. The largest absolute Gasteiger partial charge is 0.481 e. The summed E-state index contributed by atoms with van der Waals surface area (Å²) in [5.74, 6) is -1.20. The zero-order valence-corrected chi connectivity index (χ0v) is 15.0. The molecular weight excluding hydrogens is 363 g/mol. The zero-order chi connectivity index (χ0) is 16.3. The van der Waals surface area contributed by atoms with E-state index >= 15 is 0 Å². The van der Waals surface area contributed by atoms with E-state index in [-0.39, 0.29) is 30.8 Å². The van der Waals surface area contributed by atoms with Crippen LogP contribution in [0, 0.1) is 5.92 Å². The molecule has 5 nitrogen and oxygen atoms in total. The predicted molar refractivity (Wildman–Crippen MR) is 92.4 cm³/mol. The number of carbonyl (C=O) groups is 2. The molecule has 1 saturated heterocycles. The number of likely N-dealkylation sites (N-methyl/N-ethyl adjacent to an activating group) is 1. The smallest absolute Gasteiger partial charge is 0.307 e. The average molecular weight is 382 g/mol. The lowest BCUT2D eigenvalue weighted by atomic mass is 10.1. The molecule has 23 heavy (non-hydrogen) atoms. The van der Waals surface area contributed by atoms with Gasteiger partial charge in [-0.25, -0.2) is 0 Å². The summed E-state index contributed by atoms with van der Waals surface area (Å²) in [6.07, 6.45) is 0.596. The van der Waals surface area contributed by atoms with Gasteiger partial charge in [-0.3, -0.25) is 14.5 Å². The second-order valence-corrected chi connectivity index (χ2v) is 6.37. The van der Waals surface area contributed by atoms with E-state index in [1.54, 1.807) is 24.1 Å². The summed E-state index contributed by atoms with van der Waals surface area (Å²) in [7, 11) is 1.72. The van der Waals surface area contributed by atoms with Crippen molar-refractivity contribution in [3.8, 4) is 0 Å². The minimum atomic E-state index is -0.792. The number of benzene rings is 1. The van der Waals surface area contributed by atoms with Gasteiger partial charge in [0.05, 0.1) is 22.5 Å². The summed E-state index contributed by atoms with van der Waals surface area (Å²) in [5.41, 5.74) is 0.898. The Labute approximate surface area is 151 Å². The van der Waals surface area contributed by atoms with Crippen LogP contribution in [0.5, 0.6) is 0 Å². The van der Waals surface area contributed by atoms with Crippen molar-refractivity contribution in [3.63, 3.8) is 0 Å². The van der Waals surface area contributed by atoms with Gasteiger partial charge in [0.2, 0.25) is 5.91 Å². The van der Waals surface area contributed by atoms with Gasteiger partial charge < -0.3 is 10.0 Å². The molecule has 1 N–H and O–H groups in total. The van der Waals surface area contributed by atoms with Crippen LogP contribution in [0.2, 0.25) is 10.0 Å². The summed E-state index contributed by atoms with van der Waals surface area (Å²) in [6, 6.07) is 5.27. The molecule has 8 heteroatoms. The van der Waals surface area contributed by atoms with Crippen molar-refractivity contribution in [2.24, 2.45) is 5.92 Å². The third kappa shape index (κ3) is 5.53. The minimum absolute atomic E-state index is 0. The van der Waals surface area contributed by atoms with Crippen molar-refractivity contribution in [1.82, 2.24) is 9.80 Å². The van der Waals surface area contributed by atoms with Crippen LogP contribution in [-0.2, 0) is 16.1 Å². The quantitative estimate of drug-likeness (QED) is 0.852. The minimum Gasteiger partial charge on any atom is -0.481 e.